The van der Waals surface area contributed by atoms with Crippen LogP contribution in [0.4, 0.5) is 0 Å². The van der Waals surface area contributed by atoms with Crippen LogP contribution in [-0.2, 0) is 16.4 Å². The van der Waals surface area contributed by atoms with Gasteiger partial charge in [0.2, 0.25) is 10.0 Å². The average molecular weight is 375 g/mol. The van der Waals surface area contributed by atoms with Crippen LogP contribution in [0.25, 0.3) is 0 Å². The number of aromatic nitrogens is 1. The normalized spacial score (nSPS) is 11.3. The van der Waals surface area contributed by atoms with Crippen molar-refractivity contribution in [1.29, 1.82) is 0 Å². The van der Waals surface area contributed by atoms with Crippen molar-refractivity contribution in [1.82, 2.24) is 14.6 Å². The Morgan fingerprint density at radius 3 is 2.38 bits per heavy atom. The minimum atomic E-state index is -3.52. The molecule has 0 fully saturated rings. The van der Waals surface area contributed by atoms with Gasteiger partial charge in [0, 0.05) is 38.1 Å². The number of amides is 1. The molecule has 6 nitrogen and oxygen atoms in total. The molecule has 2 rings (SSSR count). The average Bonchev–Trinajstić information content (AvgIpc) is 2.66. The number of benzene rings is 1. The summed E-state index contributed by atoms with van der Waals surface area (Å²) in [5.74, 6) is -0.137. The van der Waals surface area contributed by atoms with E-state index >= 15 is 0 Å². The van der Waals surface area contributed by atoms with Crippen molar-refractivity contribution in [3.05, 3.63) is 59.9 Å². The first-order valence-electron chi connectivity index (χ1n) is 8.68. The van der Waals surface area contributed by atoms with Crippen LogP contribution in [0.1, 0.15) is 35.7 Å². The Hall–Kier alpha value is -2.25. The van der Waals surface area contributed by atoms with Gasteiger partial charge in [-0.3, -0.25) is 9.78 Å². The van der Waals surface area contributed by atoms with Gasteiger partial charge in [-0.2, -0.15) is 0 Å². The second kappa shape index (κ2) is 9.45. The Morgan fingerprint density at radius 2 is 1.77 bits per heavy atom. The lowest BCUT2D eigenvalue weighted by Gasteiger charge is -2.17. The maximum absolute atomic E-state index is 12.5. The van der Waals surface area contributed by atoms with Gasteiger partial charge >= 0.3 is 0 Å². The Morgan fingerprint density at radius 1 is 1.12 bits per heavy atom. The van der Waals surface area contributed by atoms with E-state index in [9.17, 15) is 13.2 Å². The molecule has 1 aromatic carbocycles. The van der Waals surface area contributed by atoms with E-state index in [1.165, 1.54) is 12.1 Å². The fraction of sp³-hybridized carbons (Fsp3) is 0.368. The summed E-state index contributed by atoms with van der Waals surface area (Å²) in [4.78, 5) is 18.3. The fourth-order valence-corrected chi connectivity index (χ4v) is 3.49. The Balaban J connectivity index is 1.97. The zero-order valence-corrected chi connectivity index (χ0v) is 16.0. The zero-order chi connectivity index (χ0) is 19.0. The first kappa shape index (κ1) is 20.1. The van der Waals surface area contributed by atoms with E-state index in [4.69, 9.17) is 0 Å². The van der Waals surface area contributed by atoms with E-state index in [-0.39, 0.29) is 10.8 Å². The molecule has 1 amide bonds. The molecule has 1 N–H and O–H groups in total. The second-order valence-electron chi connectivity index (χ2n) is 6.11. The molecule has 7 heteroatoms. The Bertz CT molecular complexity index is 806. The van der Waals surface area contributed by atoms with Crippen LogP contribution in [0.5, 0.6) is 0 Å². The summed E-state index contributed by atoms with van der Waals surface area (Å²) in [7, 11) is -1.79. The second-order valence-corrected chi connectivity index (χ2v) is 7.87. The lowest BCUT2D eigenvalue weighted by atomic mass is 10.1. The third-order valence-corrected chi connectivity index (χ3v) is 5.54. The van der Waals surface area contributed by atoms with Crippen LogP contribution in [0, 0.1) is 0 Å². The quantitative estimate of drug-likeness (QED) is 0.683. The molecule has 0 radical (unpaired) electrons. The summed E-state index contributed by atoms with van der Waals surface area (Å²) in [6, 6.07) is 9.89. The van der Waals surface area contributed by atoms with Crippen LogP contribution in [0.15, 0.2) is 53.7 Å². The number of carbonyl (C=O) groups excluding carboxylic acids is 1. The number of nitrogens with zero attached hydrogens (tertiary/aromatic N) is 2. The minimum absolute atomic E-state index is 0.137. The van der Waals surface area contributed by atoms with Gasteiger partial charge in [0.05, 0.1) is 4.90 Å². The molecule has 0 aliphatic heterocycles. The molecular formula is C19H25N3O3S. The third-order valence-electron chi connectivity index (χ3n) is 4.07. The van der Waals surface area contributed by atoms with Gasteiger partial charge in [0.15, 0.2) is 0 Å². The van der Waals surface area contributed by atoms with Crippen LogP contribution in [0.3, 0.4) is 0 Å². The van der Waals surface area contributed by atoms with Crippen LogP contribution in [0.2, 0.25) is 0 Å². The number of rotatable bonds is 9. The van der Waals surface area contributed by atoms with Crippen LogP contribution < -0.4 is 4.72 Å². The molecule has 0 aliphatic rings. The Kier molecular flexibility index (Phi) is 7.29. The van der Waals surface area contributed by atoms with E-state index in [0.29, 0.717) is 18.7 Å². The summed E-state index contributed by atoms with van der Waals surface area (Å²) >= 11 is 0. The standard InChI is InChI=1S/C19H25N3O3S/c1-3-4-12-21-26(24,25)18-7-5-17(6-8-18)19(23)22(2)15-11-16-9-13-20-14-10-16/h5-10,13-14,21H,3-4,11-12,15H2,1-2H3. The summed E-state index contributed by atoms with van der Waals surface area (Å²) in [5.41, 5.74) is 1.58. The molecule has 0 saturated carbocycles. The van der Waals surface area contributed by atoms with E-state index in [1.54, 1.807) is 36.5 Å². The molecule has 1 aromatic heterocycles. The topological polar surface area (TPSA) is 79.4 Å². The van der Waals surface area contributed by atoms with Gasteiger partial charge < -0.3 is 4.90 Å². The molecule has 1 heterocycles. The molecule has 26 heavy (non-hydrogen) atoms. The zero-order valence-electron chi connectivity index (χ0n) is 15.2. The van der Waals surface area contributed by atoms with Crippen molar-refractivity contribution < 1.29 is 13.2 Å². The molecule has 0 atom stereocenters. The van der Waals surface area contributed by atoms with Crippen molar-refractivity contribution >= 4 is 15.9 Å². The first-order chi connectivity index (χ1) is 12.4. The summed E-state index contributed by atoms with van der Waals surface area (Å²) < 4.78 is 26.9. The van der Waals surface area contributed by atoms with Crippen LogP contribution in [-0.4, -0.2) is 44.3 Å². The predicted molar refractivity (Wildman–Crippen MR) is 101 cm³/mol. The van der Waals surface area contributed by atoms with Gasteiger partial charge in [-0.05, 0) is 54.8 Å². The molecule has 0 spiro atoms. The number of carbonyl (C=O) groups is 1. The van der Waals surface area contributed by atoms with Crippen molar-refractivity contribution in [3.8, 4) is 0 Å². The number of likely N-dealkylation sites (N-methyl/N-ethyl adjacent to an activating group) is 1. The summed E-state index contributed by atoms with van der Waals surface area (Å²) in [6.07, 6.45) is 5.90. The highest BCUT2D eigenvalue weighted by atomic mass is 32.2. The van der Waals surface area contributed by atoms with Gasteiger partial charge in [0.25, 0.3) is 5.91 Å². The van der Waals surface area contributed by atoms with Gasteiger partial charge in [-0.15, -0.1) is 0 Å². The number of sulfonamides is 1. The smallest absolute Gasteiger partial charge is 0.253 e. The van der Waals surface area contributed by atoms with Crippen LogP contribution >= 0.6 is 0 Å². The highest BCUT2D eigenvalue weighted by Crippen LogP contribution is 2.12. The molecule has 0 aliphatic carbocycles. The summed E-state index contributed by atoms with van der Waals surface area (Å²) in [5, 5.41) is 0. The lowest BCUT2D eigenvalue weighted by molar-refractivity contribution is 0.0796. The first-order valence-corrected chi connectivity index (χ1v) is 10.2. The van der Waals surface area contributed by atoms with Crippen molar-refractivity contribution in [2.45, 2.75) is 31.1 Å². The van der Waals surface area contributed by atoms with E-state index < -0.39 is 10.0 Å². The molecule has 0 unspecified atom stereocenters. The van der Waals surface area contributed by atoms with E-state index in [2.05, 4.69) is 9.71 Å². The third kappa shape index (κ3) is 5.64. The van der Waals surface area contributed by atoms with Gasteiger partial charge in [0.1, 0.15) is 0 Å². The molecule has 140 valence electrons. The van der Waals surface area contributed by atoms with Crippen molar-refractivity contribution in [2.75, 3.05) is 20.1 Å². The molecular weight excluding hydrogens is 350 g/mol. The van der Waals surface area contributed by atoms with Gasteiger partial charge in [-0.1, -0.05) is 13.3 Å². The molecule has 0 bridgehead atoms. The summed E-state index contributed by atoms with van der Waals surface area (Å²) in [6.45, 7) is 2.98. The fourth-order valence-electron chi connectivity index (χ4n) is 2.41. The molecule has 2 aromatic rings. The Labute approximate surface area is 155 Å². The number of nitrogens with one attached hydrogen (secondary N) is 1. The highest BCUT2D eigenvalue weighted by Gasteiger charge is 2.16. The maximum Gasteiger partial charge on any atom is 0.253 e. The molecule has 0 saturated heterocycles. The number of pyridine rings is 1. The lowest BCUT2D eigenvalue weighted by Crippen LogP contribution is -2.29. The minimum Gasteiger partial charge on any atom is -0.341 e. The van der Waals surface area contributed by atoms with Crippen molar-refractivity contribution in [3.63, 3.8) is 0 Å². The number of hydrogen-bond donors (Lipinski definition) is 1. The predicted octanol–water partition coefficient (Wildman–Crippen LogP) is 2.47. The monoisotopic (exact) mass is 375 g/mol. The van der Waals surface area contributed by atoms with E-state index in [1.807, 2.05) is 19.1 Å². The number of unbranched alkanes of at least 4 members (excludes halogenated alkanes) is 1. The van der Waals surface area contributed by atoms with E-state index in [0.717, 1.165) is 24.8 Å². The largest absolute Gasteiger partial charge is 0.341 e. The number of hydrogen-bond acceptors (Lipinski definition) is 4. The van der Waals surface area contributed by atoms with Gasteiger partial charge in [-0.25, -0.2) is 13.1 Å². The highest BCUT2D eigenvalue weighted by molar-refractivity contribution is 7.89. The SMILES string of the molecule is CCCCNS(=O)(=O)c1ccc(C(=O)N(C)CCc2ccncc2)cc1. The van der Waals surface area contributed by atoms with Crippen molar-refractivity contribution in [2.24, 2.45) is 0 Å². The maximum atomic E-state index is 12.5.